The number of carbonyl (C=O) groups excluding carboxylic acids is 3. The lowest BCUT2D eigenvalue weighted by Gasteiger charge is -2.26. The van der Waals surface area contributed by atoms with Crippen LogP contribution in [0.3, 0.4) is 0 Å². The van der Waals surface area contributed by atoms with Gasteiger partial charge in [0.05, 0.1) is 6.54 Å². The predicted molar refractivity (Wildman–Crippen MR) is 98.5 cm³/mol. The van der Waals surface area contributed by atoms with Gasteiger partial charge in [-0.15, -0.1) is 0 Å². The van der Waals surface area contributed by atoms with Gasteiger partial charge >= 0.3 is 0 Å². The fraction of sp³-hybridized carbons (Fsp3) is 0.368. The van der Waals surface area contributed by atoms with Gasteiger partial charge in [0.2, 0.25) is 5.91 Å². The van der Waals surface area contributed by atoms with Crippen LogP contribution in [0, 0.1) is 0 Å². The smallest absolute Gasteiger partial charge is 0.276 e. The summed E-state index contributed by atoms with van der Waals surface area (Å²) < 4.78 is 0. The maximum atomic E-state index is 12.6. The number of hydrogen-bond acceptors (Lipinski definition) is 4. The lowest BCUT2D eigenvalue weighted by molar-refractivity contribution is -0.123. The standard InChI is InChI=1S/C19H21N5O3/c25-16-11-24(9-8-20-16)19(27)12-4-3-5-13(10-12)21-18(26)17-14-6-1-2-7-15(14)22-23-17/h3-5,10H,1-2,6-9,11H2,(H,20,25)(H,21,26)(H,22,23). The molecule has 1 fully saturated rings. The van der Waals surface area contributed by atoms with Crippen LogP contribution < -0.4 is 10.6 Å². The number of anilines is 1. The highest BCUT2D eigenvalue weighted by Gasteiger charge is 2.24. The summed E-state index contributed by atoms with van der Waals surface area (Å²) in [7, 11) is 0. The maximum Gasteiger partial charge on any atom is 0.276 e. The summed E-state index contributed by atoms with van der Waals surface area (Å²) in [5.41, 5.74) is 3.42. The summed E-state index contributed by atoms with van der Waals surface area (Å²) in [6.07, 6.45) is 3.93. The lowest BCUT2D eigenvalue weighted by Crippen LogP contribution is -2.49. The van der Waals surface area contributed by atoms with Crippen LogP contribution in [0.15, 0.2) is 24.3 Å². The molecular weight excluding hydrogens is 346 g/mol. The zero-order chi connectivity index (χ0) is 18.8. The molecule has 0 spiro atoms. The van der Waals surface area contributed by atoms with E-state index in [0.717, 1.165) is 36.9 Å². The normalized spacial score (nSPS) is 16.4. The van der Waals surface area contributed by atoms with Gasteiger partial charge in [0.15, 0.2) is 5.69 Å². The van der Waals surface area contributed by atoms with Gasteiger partial charge in [-0.3, -0.25) is 19.5 Å². The van der Waals surface area contributed by atoms with Gasteiger partial charge in [0, 0.05) is 35.6 Å². The van der Waals surface area contributed by atoms with E-state index in [1.165, 1.54) is 4.90 Å². The third-order valence-electron chi connectivity index (χ3n) is 4.96. The van der Waals surface area contributed by atoms with Gasteiger partial charge in [-0.1, -0.05) is 6.07 Å². The van der Waals surface area contributed by atoms with Crippen molar-refractivity contribution in [2.24, 2.45) is 0 Å². The number of piperazine rings is 1. The number of aromatic amines is 1. The Morgan fingerprint density at radius 1 is 1.19 bits per heavy atom. The van der Waals surface area contributed by atoms with Gasteiger partial charge in [-0.05, 0) is 43.9 Å². The van der Waals surface area contributed by atoms with Crippen molar-refractivity contribution in [2.45, 2.75) is 25.7 Å². The van der Waals surface area contributed by atoms with Gasteiger partial charge in [-0.25, -0.2) is 0 Å². The number of aryl methyl sites for hydroxylation is 1. The van der Waals surface area contributed by atoms with Crippen molar-refractivity contribution in [3.05, 3.63) is 46.8 Å². The number of benzene rings is 1. The lowest BCUT2D eigenvalue weighted by atomic mass is 9.96. The predicted octanol–water partition coefficient (Wildman–Crippen LogP) is 1.11. The Labute approximate surface area is 156 Å². The van der Waals surface area contributed by atoms with E-state index in [-0.39, 0.29) is 24.3 Å². The summed E-state index contributed by atoms with van der Waals surface area (Å²) in [6.45, 7) is 0.973. The molecule has 8 nitrogen and oxygen atoms in total. The molecule has 4 rings (SSSR count). The molecule has 0 radical (unpaired) electrons. The van der Waals surface area contributed by atoms with E-state index in [2.05, 4.69) is 20.8 Å². The van der Waals surface area contributed by atoms with Crippen LogP contribution in [-0.4, -0.2) is 52.5 Å². The first-order valence-electron chi connectivity index (χ1n) is 9.15. The first kappa shape index (κ1) is 17.3. The highest BCUT2D eigenvalue weighted by molar-refractivity contribution is 6.05. The van der Waals surface area contributed by atoms with Gasteiger partial charge in [0.25, 0.3) is 11.8 Å². The molecule has 1 aliphatic carbocycles. The molecule has 27 heavy (non-hydrogen) atoms. The van der Waals surface area contributed by atoms with E-state index < -0.39 is 0 Å². The molecule has 3 N–H and O–H groups in total. The van der Waals surface area contributed by atoms with Crippen LogP contribution in [0.2, 0.25) is 0 Å². The molecule has 8 heteroatoms. The molecule has 0 atom stereocenters. The third kappa shape index (κ3) is 3.55. The number of nitrogens with zero attached hydrogens (tertiary/aromatic N) is 2. The summed E-state index contributed by atoms with van der Waals surface area (Å²) in [6, 6.07) is 6.76. The van der Waals surface area contributed by atoms with E-state index in [1.54, 1.807) is 24.3 Å². The molecule has 1 saturated heterocycles. The minimum absolute atomic E-state index is 0.0504. The number of rotatable bonds is 3. The van der Waals surface area contributed by atoms with Crippen molar-refractivity contribution in [2.75, 3.05) is 25.0 Å². The van der Waals surface area contributed by atoms with E-state index in [1.807, 2.05) is 0 Å². The fourth-order valence-electron chi connectivity index (χ4n) is 3.58. The zero-order valence-electron chi connectivity index (χ0n) is 14.9. The highest BCUT2D eigenvalue weighted by Crippen LogP contribution is 2.23. The maximum absolute atomic E-state index is 12.6. The number of amides is 3. The van der Waals surface area contributed by atoms with Crippen LogP contribution >= 0.6 is 0 Å². The molecule has 2 aromatic rings. The zero-order valence-corrected chi connectivity index (χ0v) is 14.9. The number of H-pyrrole nitrogens is 1. The van der Waals surface area contributed by atoms with Crippen molar-refractivity contribution >= 4 is 23.4 Å². The largest absolute Gasteiger partial charge is 0.353 e. The van der Waals surface area contributed by atoms with Crippen molar-refractivity contribution in [1.82, 2.24) is 20.4 Å². The molecule has 3 amide bonds. The molecule has 1 aliphatic heterocycles. The average molecular weight is 367 g/mol. The second-order valence-corrected chi connectivity index (χ2v) is 6.85. The Hall–Kier alpha value is -3.16. The van der Waals surface area contributed by atoms with Gasteiger partial charge in [-0.2, -0.15) is 5.10 Å². The Balaban J connectivity index is 1.49. The molecule has 2 heterocycles. The van der Waals surface area contributed by atoms with Crippen LogP contribution in [0.5, 0.6) is 0 Å². The monoisotopic (exact) mass is 367 g/mol. The minimum Gasteiger partial charge on any atom is -0.353 e. The number of fused-ring (bicyclic) bond motifs is 1. The molecule has 140 valence electrons. The van der Waals surface area contributed by atoms with E-state index in [9.17, 15) is 14.4 Å². The van der Waals surface area contributed by atoms with Crippen LogP contribution in [0.4, 0.5) is 5.69 Å². The second-order valence-electron chi connectivity index (χ2n) is 6.85. The highest BCUT2D eigenvalue weighted by atomic mass is 16.2. The Morgan fingerprint density at radius 3 is 2.89 bits per heavy atom. The van der Waals surface area contributed by atoms with Crippen molar-refractivity contribution in [3.8, 4) is 0 Å². The van der Waals surface area contributed by atoms with E-state index >= 15 is 0 Å². The Kier molecular flexibility index (Phi) is 4.62. The quantitative estimate of drug-likeness (QED) is 0.755. The minimum atomic E-state index is -0.281. The Morgan fingerprint density at radius 2 is 2.04 bits per heavy atom. The third-order valence-corrected chi connectivity index (χ3v) is 4.96. The number of hydrogen-bond donors (Lipinski definition) is 3. The topological polar surface area (TPSA) is 107 Å². The summed E-state index contributed by atoms with van der Waals surface area (Å²) in [5.74, 6) is -0.670. The molecule has 0 unspecified atom stereocenters. The van der Waals surface area contributed by atoms with E-state index in [0.29, 0.717) is 30.0 Å². The van der Waals surface area contributed by atoms with Crippen LogP contribution in [0.25, 0.3) is 0 Å². The molecule has 0 saturated carbocycles. The first-order chi connectivity index (χ1) is 13.1. The van der Waals surface area contributed by atoms with E-state index in [4.69, 9.17) is 0 Å². The van der Waals surface area contributed by atoms with Crippen molar-refractivity contribution < 1.29 is 14.4 Å². The Bertz CT molecular complexity index is 905. The van der Waals surface area contributed by atoms with Crippen molar-refractivity contribution in [3.63, 3.8) is 0 Å². The molecule has 1 aromatic carbocycles. The number of carbonyl (C=O) groups is 3. The molecule has 0 bridgehead atoms. The first-order valence-corrected chi connectivity index (χ1v) is 9.15. The number of aromatic nitrogens is 2. The molecule has 1 aromatic heterocycles. The van der Waals surface area contributed by atoms with Crippen LogP contribution in [-0.2, 0) is 17.6 Å². The molecular formula is C19H21N5O3. The number of nitrogens with one attached hydrogen (secondary N) is 3. The fourth-order valence-corrected chi connectivity index (χ4v) is 3.58. The summed E-state index contributed by atoms with van der Waals surface area (Å²) >= 11 is 0. The summed E-state index contributed by atoms with van der Waals surface area (Å²) in [4.78, 5) is 38.3. The van der Waals surface area contributed by atoms with Gasteiger partial charge < -0.3 is 15.5 Å². The molecule has 2 aliphatic rings. The van der Waals surface area contributed by atoms with Crippen LogP contribution in [0.1, 0.15) is 44.9 Å². The van der Waals surface area contributed by atoms with Crippen molar-refractivity contribution in [1.29, 1.82) is 0 Å². The summed E-state index contributed by atoms with van der Waals surface area (Å²) in [5, 5.41) is 12.7. The second kappa shape index (κ2) is 7.22. The average Bonchev–Trinajstić information content (AvgIpc) is 3.12. The SMILES string of the molecule is O=C1CN(C(=O)c2cccc(NC(=O)c3n[nH]c4c3CCCC4)c2)CCN1. The van der Waals surface area contributed by atoms with Gasteiger partial charge in [0.1, 0.15) is 0 Å².